The molecule has 0 atom stereocenters. The Kier molecular flexibility index (Phi) is 3.77. The fourth-order valence-corrected chi connectivity index (χ4v) is 1.07. The van der Waals surface area contributed by atoms with Crippen LogP contribution in [0.15, 0.2) is 30.3 Å². The Hall–Kier alpha value is -1.46. The van der Waals surface area contributed by atoms with Crippen LogP contribution in [0.4, 0.5) is 12.9 Å². The molecule has 0 heterocycles. The third kappa shape index (κ3) is 5.10. The molecule has 1 N–H and O–H groups in total. The van der Waals surface area contributed by atoms with Crippen LogP contribution >= 0.6 is 0 Å². The maximum Gasteiger partial charge on any atom is 0.497 e. The number of hydrogen-bond acceptors (Lipinski definition) is 1. The van der Waals surface area contributed by atoms with Crippen molar-refractivity contribution in [2.75, 3.05) is 6.44 Å². The lowest BCUT2D eigenvalue weighted by Crippen LogP contribution is -2.38. The zero-order valence-corrected chi connectivity index (χ0v) is 7.92. The minimum absolute atomic E-state index is 0.0208. The summed E-state index contributed by atoms with van der Waals surface area (Å²) < 4.78 is 35.4. The Bertz CT molecular complexity index is 326. The molecule has 6 heteroatoms. The first kappa shape index (κ1) is 11.6. The molecule has 0 saturated heterocycles. The van der Waals surface area contributed by atoms with Gasteiger partial charge in [0.15, 0.2) is 0 Å². The summed E-state index contributed by atoms with van der Waals surface area (Å²) in [6, 6.07) is 8.63. The smallest absolute Gasteiger partial charge is 0.448 e. The Morgan fingerprint density at radius 3 is 2.33 bits per heavy atom. The van der Waals surface area contributed by atoms with E-state index in [1.807, 2.05) is 5.32 Å². The maximum atomic E-state index is 11.8. The molecule has 1 rings (SSSR count). The van der Waals surface area contributed by atoms with E-state index in [1.165, 1.54) is 0 Å². The van der Waals surface area contributed by atoms with Gasteiger partial charge in [-0.15, -0.1) is 0 Å². The molecule has 0 aliphatic carbocycles. The van der Waals surface area contributed by atoms with Gasteiger partial charge in [-0.05, 0) is 12.0 Å². The minimum atomic E-state index is -4.95. The quantitative estimate of drug-likeness (QED) is 0.763. The third-order valence-corrected chi connectivity index (χ3v) is 1.74. The lowest BCUT2D eigenvalue weighted by Gasteiger charge is -2.14. The van der Waals surface area contributed by atoms with Crippen molar-refractivity contribution in [3.8, 4) is 0 Å². The van der Waals surface area contributed by atoms with E-state index in [2.05, 4.69) is 0 Å². The fourth-order valence-electron chi connectivity index (χ4n) is 1.07. The lowest BCUT2D eigenvalue weighted by molar-refractivity contribution is -0.120. The topological polar surface area (TPSA) is 29.1 Å². The average molecular weight is 216 g/mol. The number of halogens is 3. The molecule has 0 spiro atoms. The van der Waals surface area contributed by atoms with E-state index >= 15 is 0 Å². The van der Waals surface area contributed by atoms with Gasteiger partial charge in [-0.1, -0.05) is 30.3 Å². The van der Waals surface area contributed by atoms with Crippen LogP contribution in [-0.2, 0) is 11.2 Å². The summed E-state index contributed by atoms with van der Waals surface area (Å²) in [5, 5.41) is 1.83. The van der Waals surface area contributed by atoms with E-state index in [0.717, 1.165) is 0 Å². The molecule has 0 saturated carbocycles. The van der Waals surface area contributed by atoms with Crippen LogP contribution in [0.1, 0.15) is 5.56 Å². The van der Waals surface area contributed by atoms with E-state index in [-0.39, 0.29) is 6.42 Å². The van der Waals surface area contributed by atoms with E-state index in [4.69, 9.17) is 0 Å². The summed E-state index contributed by atoms with van der Waals surface area (Å²) in [5.74, 6) is -0.611. The molecule has 15 heavy (non-hydrogen) atoms. The normalized spacial score (nSPS) is 11.1. The molecule has 82 valence electrons. The molecule has 0 aliphatic heterocycles. The standard InChI is InChI=1S/C9H10BF3NO/c11-10(12,13)7-14-9(15)6-8-4-2-1-3-5-8/h1-5H,6-7H2,(H,14,15)/q-1. The van der Waals surface area contributed by atoms with Gasteiger partial charge in [0.05, 0.1) is 6.42 Å². The van der Waals surface area contributed by atoms with Crippen molar-refractivity contribution in [3.63, 3.8) is 0 Å². The molecule has 1 aromatic rings. The summed E-state index contributed by atoms with van der Waals surface area (Å²) in [6.07, 6.45) is -1.24. The van der Waals surface area contributed by atoms with Crippen LogP contribution in [0.3, 0.4) is 0 Å². The minimum Gasteiger partial charge on any atom is -0.448 e. The van der Waals surface area contributed by atoms with Crippen LogP contribution in [0.5, 0.6) is 0 Å². The van der Waals surface area contributed by atoms with Crippen molar-refractivity contribution in [2.45, 2.75) is 6.42 Å². The van der Waals surface area contributed by atoms with Crippen LogP contribution in [-0.4, -0.2) is 19.3 Å². The van der Waals surface area contributed by atoms with Crippen LogP contribution in [0, 0.1) is 0 Å². The van der Waals surface area contributed by atoms with Gasteiger partial charge in [0, 0.05) is 0 Å². The molecular weight excluding hydrogens is 206 g/mol. The van der Waals surface area contributed by atoms with Crippen molar-refractivity contribution < 1.29 is 17.7 Å². The van der Waals surface area contributed by atoms with Crippen LogP contribution < -0.4 is 5.32 Å². The highest BCUT2D eigenvalue weighted by molar-refractivity contribution is 6.58. The summed E-state index contributed by atoms with van der Waals surface area (Å²) in [6.45, 7) is -4.95. The van der Waals surface area contributed by atoms with Gasteiger partial charge in [-0.2, -0.15) is 0 Å². The number of benzene rings is 1. The Morgan fingerprint density at radius 1 is 1.20 bits per heavy atom. The van der Waals surface area contributed by atoms with Crippen LogP contribution in [0.25, 0.3) is 0 Å². The number of carbonyl (C=O) groups is 1. The van der Waals surface area contributed by atoms with Crippen LogP contribution in [0.2, 0.25) is 0 Å². The second-order valence-electron chi connectivity index (χ2n) is 3.18. The summed E-state index contributed by atoms with van der Waals surface area (Å²) in [7, 11) is 0. The van der Waals surface area contributed by atoms with E-state index in [1.54, 1.807) is 30.3 Å². The lowest BCUT2D eigenvalue weighted by atomic mass is 9.92. The summed E-state index contributed by atoms with van der Waals surface area (Å²) in [4.78, 5) is 11.1. The monoisotopic (exact) mass is 216 g/mol. The van der Waals surface area contributed by atoms with Crippen molar-refractivity contribution in [3.05, 3.63) is 35.9 Å². The second-order valence-corrected chi connectivity index (χ2v) is 3.18. The molecule has 0 fully saturated rings. The van der Waals surface area contributed by atoms with E-state index in [0.29, 0.717) is 5.56 Å². The van der Waals surface area contributed by atoms with E-state index in [9.17, 15) is 17.7 Å². The van der Waals surface area contributed by atoms with Crippen molar-refractivity contribution in [1.29, 1.82) is 0 Å². The molecule has 0 bridgehead atoms. The first-order chi connectivity index (χ1) is 6.97. The number of hydrogen-bond donors (Lipinski definition) is 1. The third-order valence-electron chi connectivity index (χ3n) is 1.74. The predicted octanol–water partition coefficient (Wildman–Crippen LogP) is 1.73. The van der Waals surface area contributed by atoms with Gasteiger partial charge in [-0.3, -0.25) is 4.79 Å². The zero-order chi connectivity index (χ0) is 11.3. The van der Waals surface area contributed by atoms with E-state index < -0.39 is 19.3 Å². The fraction of sp³-hybridized carbons (Fsp3) is 0.222. The molecule has 0 unspecified atom stereocenters. The molecular formula is C9H10BF3NO-. The van der Waals surface area contributed by atoms with Gasteiger partial charge in [0.1, 0.15) is 0 Å². The molecule has 0 radical (unpaired) electrons. The number of carbonyl (C=O) groups excluding carboxylic acids is 1. The molecule has 2 nitrogen and oxygen atoms in total. The molecule has 0 aliphatic rings. The maximum absolute atomic E-state index is 11.8. The highest BCUT2D eigenvalue weighted by atomic mass is 19.4. The van der Waals surface area contributed by atoms with Gasteiger partial charge in [0.2, 0.25) is 5.91 Å². The molecule has 0 aromatic heterocycles. The summed E-state index contributed by atoms with van der Waals surface area (Å²) >= 11 is 0. The van der Waals surface area contributed by atoms with Crippen molar-refractivity contribution in [1.82, 2.24) is 5.32 Å². The highest BCUT2D eigenvalue weighted by Crippen LogP contribution is 2.06. The van der Waals surface area contributed by atoms with Gasteiger partial charge < -0.3 is 18.3 Å². The van der Waals surface area contributed by atoms with Crippen molar-refractivity contribution >= 4 is 12.9 Å². The summed E-state index contributed by atoms with van der Waals surface area (Å²) in [5.41, 5.74) is 0.699. The Balaban J connectivity index is 2.38. The second kappa shape index (κ2) is 4.86. The van der Waals surface area contributed by atoms with Gasteiger partial charge in [0.25, 0.3) is 0 Å². The predicted molar refractivity (Wildman–Crippen MR) is 52.2 cm³/mol. The zero-order valence-electron chi connectivity index (χ0n) is 7.92. The molecule has 1 amide bonds. The highest BCUT2D eigenvalue weighted by Gasteiger charge is 2.23. The van der Waals surface area contributed by atoms with Gasteiger partial charge >= 0.3 is 6.98 Å². The Labute approximate surface area is 85.5 Å². The first-order valence-corrected chi connectivity index (χ1v) is 4.49. The Morgan fingerprint density at radius 2 is 1.80 bits per heavy atom. The van der Waals surface area contributed by atoms with Crippen molar-refractivity contribution in [2.24, 2.45) is 0 Å². The van der Waals surface area contributed by atoms with Gasteiger partial charge in [-0.25, -0.2) is 0 Å². The average Bonchev–Trinajstić information content (AvgIpc) is 2.15. The largest absolute Gasteiger partial charge is 0.497 e. The molecule has 1 aromatic carbocycles. The number of rotatable bonds is 4. The SMILES string of the molecule is O=C(Cc1ccccc1)NC[B-](F)(F)F. The number of amides is 1. The number of nitrogens with one attached hydrogen (secondary N) is 1. The first-order valence-electron chi connectivity index (χ1n) is 4.49.